The maximum atomic E-state index is 15.1. The number of piperazine rings is 1. The molecular formula is C27H25ClFN7O. The molecule has 1 aliphatic heterocycles. The number of hydrogen-bond donors (Lipinski definition) is 2. The first-order chi connectivity index (χ1) is 17.9. The lowest BCUT2D eigenvalue weighted by Crippen LogP contribution is -2.44. The molecule has 3 heterocycles. The average Bonchev–Trinajstić information content (AvgIpc) is 2.90. The van der Waals surface area contributed by atoms with Crippen LogP contribution < -0.4 is 15.5 Å². The number of fused-ring (bicyclic) bond motifs is 1. The van der Waals surface area contributed by atoms with Crippen molar-refractivity contribution in [2.75, 3.05) is 48.8 Å². The molecule has 10 heteroatoms. The Hall–Kier alpha value is -4.08. The van der Waals surface area contributed by atoms with Gasteiger partial charge in [-0.2, -0.15) is 0 Å². The molecule has 0 atom stereocenters. The van der Waals surface area contributed by atoms with Gasteiger partial charge in [0.1, 0.15) is 5.82 Å². The lowest BCUT2D eigenvalue weighted by molar-refractivity contribution is -0.111. The van der Waals surface area contributed by atoms with E-state index >= 15 is 4.39 Å². The first-order valence-corrected chi connectivity index (χ1v) is 12.1. The van der Waals surface area contributed by atoms with Crippen molar-refractivity contribution in [2.45, 2.75) is 0 Å². The third kappa shape index (κ3) is 5.37. The van der Waals surface area contributed by atoms with Gasteiger partial charge in [0.2, 0.25) is 11.9 Å². The van der Waals surface area contributed by atoms with Crippen LogP contribution in [-0.2, 0) is 4.79 Å². The van der Waals surface area contributed by atoms with Crippen LogP contribution in [0.4, 0.5) is 27.4 Å². The van der Waals surface area contributed by atoms with Gasteiger partial charge in [0.15, 0.2) is 0 Å². The summed E-state index contributed by atoms with van der Waals surface area (Å²) in [5.74, 6) is -0.601. The number of amides is 1. The smallest absolute Gasteiger partial charge is 0.247 e. The molecule has 2 aromatic carbocycles. The van der Waals surface area contributed by atoms with Gasteiger partial charge in [0.05, 0.1) is 27.5 Å². The molecule has 1 aliphatic rings. The van der Waals surface area contributed by atoms with Gasteiger partial charge in [0, 0.05) is 55.3 Å². The maximum Gasteiger partial charge on any atom is 0.247 e. The summed E-state index contributed by atoms with van der Waals surface area (Å²) in [6.45, 7) is 7.33. The van der Waals surface area contributed by atoms with Gasteiger partial charge in [-0.15, -0.1) is 0 Å². The van der Waals surface area contributed by atoms with Gasteiger partial charge in [-0.3, -0.25) is 9.78 Å². The molecule has 1 saturated heterocycles. The van der Waals surface area contributed by atoms with Crippen LogP contribution in [0.25, 0.3) is 22.2 Å². The Morgan fingerprint density at radius 2 is 1.92 bits per heavy atom. The normalized spacial score (nSPS) is 14.0. The Kier molecular flexibility index (Phi) is 6.98. The van der Waals surface area contributed by atoms with Gasteiger partial charge < -0.3 is 20.4 Å². The Balaban J connectivity index is 1.46. The summed E-state index contributed by atoms with van der Waals surface area (Å²) in [5.41, 5.74) is 3.07. The summed E-state index contributed by atoms with van der Waals surface area (Å²) in [5, 5.41) is 6.99. The fourth-order valence-electron chi connectivity index (χ4n) is 4.20. The Labute approximate surface area is 218 Å². The highest BCUT2D eigenvalue weighted by Gasteiger charge is 2.17. The van der Waals surface area contributed by atoms with Crippen LogP contribution in [0.3, 0.4) is 0 Å². The van der Waals surface area contributed by atoms with Crippen LogP contribution in [0.1, 0.15) is 0 Å². The highest BCUT2D eigenvalue weighted by molar-refractivity contribution is 6.33. The van der Waals surface area contributed by atoms with Crippen LogP contribution in [0.15, 0.2) is 67.5 Å². The molecule has 0 radical (unpaired) electrons. The fourth-order valence-corrected chi connectivity index (χ4v) is 4.42. The largest absolute Gasteiger partial charge is 0.369 e. The number of likely N-dealkylation sites (N-methyl/N-ethyl adjacent to an activating group) is 1. The van der Waals surface area contributed by atoms with Gasteiger partial charge in [0.25, 0.3) is 0 Å². The summed E-state index contributed by atoms with van der Waals surface area (Å²) in [6.07, 6.45) is 4.27. The molecule has 0 spiro atoms. The second-order valence-electron chi connectivity index (χ2n) is 8.76. The number of halogens is 2. The summed E-state index contributed by atoms with van der Waals surface area (Å²) in [7, 11) is 2.12. The number of aromatic nitrogens is 3. The summed E-state index contributed by atoms with van der Waals surface area (Å²) < 4.78 is 15.1. The van der Waals surface area contributed by atoms with Crippen molar-refractivity contribution in [3.8, 4) is 11.3 Å². The van der Waals surface area contributed by atoms with Gasteiger partial charge in [-0.25, -0.2) is 14.4 Å². The zero-order chi connectivity index (χ0) is 25.9. The zero-order valence-electron chi connectivity index (χ0n) is 20.2. The van der Waals surface area contributed by atoms with E-state index in [2.05, 4.69) is 49.0 Å². The van der Waals surface area contributed by atoms with Crippen molar-refractivity contribution >= 4 is 51.4 Å². The number of hydrogen-bond acceptors (Lipinski definition) is 7. The molecule has 5 rings (SSSR count). The van der Waals surface area contributed by atoms with E-state index in [0.29, 0.717) is 33.0 Å². The Morgan fingerprint density at radius 3 is 2.68 bits per heavy atom. The number of pyridine rings is 1. The molecule has 8 nitrogen and oxygen atoms in total. The van der Waals surface area contributed by atoms with Crippen molar-refractivity contribution < 1.29 is 9.18 Å². The van der Waals surface area contributed by atoms with E-state index in [4.69, 9.17) is 11.6 Å². The van der Waals surface area contributed by atoms with Gasteiger partial charge in [-0.05, 0) is 55.6 Å². The number of carbonyl (C=O) groups excluding carboxylic acids is 1. The van der Waals surface area contributed by atoms with E-state index in [0.717, 1.165) is 37.9 Å². The molecule has 2 N–H and O–H groups in total. The zero-order valence-corrected chi connectivity index (χ0v) is 21.0. The Morgan fingerprint density at radius 1 is 1.11 bits per heavy atom. The number of nitrogens with one attached hydrogen (secondary N) is 2. The molecular weight excluding hydrogens is 493 g/mol. The van der Waals surface area contributed by atoms with Crippen LogP contribution in [0.2, 0.25) is 5.02 Å². The van der Waals surface area contributed by atoms with Crippen molar-refractivity contribution in [3.05, 3.63) is 78.4 Å². The number of nitrogens with zero attached hydrogens (tertiary/aromatic N) is 5. The molecule has 0 unspecified atom stereocenters. The van der Waals surface area contributed by atoms with Gasteiger partial charge >= 0.3 is 0 Å². The lowest BCUT2D eigenvalue weighted by atomic mass is 10.1. The summed E-state index contributed by atoms with van der Waals surface area (Å²) in [4.78, 5) is 29.6. The molecule has 0 bridgehead atoms. The first-order valence-electron chi connectivity index (χ1n) is 11.8. The SMILES string of the molecule is C=CC(=O)Nc1ccnc(-c2c(F)ccc3cnc(Nc4ccc(N5CCN(C)CC5)cc4Cl)nc23)c1. The van der Waals surface area contributed by atoms with Crippen LogP contribution >= 0.6 is 11.6 Å². The van der Waals surface area contributed by atoms with Crippen molar-refractivity contribution in [3.63, 3.8) is 0 Å². The van der Waals surface area contributed by atoms with Crippen molar-refractivity contribution in [1.82, 2.24) is 19.9 Å². The standard InChI is InChI=1S/C27H25ClFN7O/c1-3-24(37)32-18-8-9-30-23(14-18)25-21(29)6-4-17-16-31-27(34-26(17)25)33-22-7-5-19(15-20(22)28)36-12-10-35(2)11-13-36/h3-9,14-16H,1,10-13H2,2H3,(H,30,32,37)(H,31,33,34). The molecule has 1 amide bonds. The lowest BCUT2D eigenvalue weighted by Gasteiger charge is -2.34. The van der Waals surface area contributed by atoms with Crippen molar-refractivity contribution in [2.24, 2.45) is 0 Å². The topological polar surface area (TPSA) is 86.3 Å². The maximum absolute atomic E-state index is 15.1. The van der Waals surface area contributed by atoms with Gasteiger partial charge in [-0.1, -0.05) is 18.2 Å². The fraction of sp³-hybridized carbons (Fsp3) is 0.185. The number of anilines is 4. The molecule has 0 aliphatic carbocycles. The summed E-state index contributed by atoms with van der Waals surface area (Å²) >= 11 is 6.60. The Bertz CT molecular complexity index is 1490. The third-order valence-corrected chi connectivity index (χ3v) is 6.55. The predicted octanol–water partition coefficient (Wildman–Crippen LogP) is 5.10. The van der Waals surface area contributed by atoms with Crippen LogP contribution in [0.5, 0.6) is 0 Å². The second-order valence-corrected chi connectivity index (χ2v) is 9.16. The molecule has 188 valence electrons. The van der Waals surface area contributed by atoms with E-state index in [-0.39, 0.29) is 17.4 Å². The van der Waals surface area contributed by atoms with E-state index in [9.17, 15) is 4.79 Å². The van der Waals surface area contributed by atoms with Crippen LogP contribution in [-0.4, -0.2) is 59.0 Å². The monoisotopic (exact) mass is 517 g/mol. The average molecular weight is 518 g/mol. The molecule has 1 fully saturated rings. The molecule has 37 heavy (non-hydrogen) atoms. The quantitative estimate of drug-likeness (QED) is 0.344. The van der Waals surface area contributed by atoms with E-state index in [1.54, 1.807) is 24.4 Å². The predicted molar refractivity (Wildman–Crippen MR) is 146 cm³/mol. The van der Waals surface area contributed by atoms with Crippen molar-refractivity contribution in [1.29, 1.82) is 0 Å². The highest BCUT2D eigenvalue weighted by atomic mass is 35.5. The molecule has 2 aromatic heterocycles. The number of rotatable bonds is 6. The number of benzene rings is 2. The minimum Gasteiger partial charge on any atom is -0.369 e. The highest BCUT2D eigenvalue weighted by Crippen LogP contribution is 2.33. The second kappa shape index (κ2) is 10.5. The minimum absolute atomic E-state index is 0.203. The van der Waals surface area contributed by atoms with E-state index < -0.39 is 5.82 Å². The minimum atomic E-state index is -0.494. The van der Waals surface area contributed by atoms with E-state index in [1.165, 1.54) is 12.3 Å². The molecule has 0 saturated carbocycles. The molecule has 4 aromatic rings. The van der Waals surface area contributed by atoms with E-state index in [1.807, 2.05) is 18.2 Å². The summed E-state index contributed by atoms with van der Waals surface area (Å²) in [6, 6.07) is 12.0. The third-order valence-electron chi connectivity index (χ3n) is 6.24. The first kappa shape index (κ1) is 24.6. The van der Waals surface area contributed by atoms with Crippen LogP contribution in [0, 0.1) is 5.82 Å². The number of carbonyl (C=O) groups is 1.